The molecule has 0 unspecified atom stereocenters. The molecule has 0 spiro atoms. The van der Waals surface area contributed by atoms with Crippen molar-refractivity contribution in [3.63, 3.8) is 0 Å². The predicted molar refractivity (Wildman–Crippen MR) is 95.0 cm³/mol. The number of carbonyl (C=O) groups is 1. The third-order valence-corrected chi connectivity index (χ3v) is 6.80. The summed E-state index contributed by atoms with van der Waals surface area (Å²) in [6.45, 7) is 1.70. The van der Waals surface area contributed by atoms with Crippen LogP contribution in [0.2, 0.25) is 0 Å². The minimum Gasteiger partial charge on any atom is -0.314 e. The van der Waals surface area contributed by atoms with Crippen molar-refractivity contribution in [2.75, 3.05) is 18.5 Å². The quantitative estimate of drug-likeness (QED) is 0.783. The van der Waals surface area contributed by atoms with Gasteiger partial charge < -0.3 is 9.47 Å². The highest BCUT2D eigenvalue weighted by Gasteiger charge is 2.26. The third kappa shape index (κ3) is 2.90. The van der Waals surface area contributed by atoms with E-state index in [1.807, 2.05) is 4.57 Å². The number of aryl methyl sites for hydroxylation is 1. The molecule has 1 aromatic carbocycles. The number of rotatable bonds is 5. The summed E-state index contributed by atoms with van der Waals surface area (Å²) in [7, 11) is -2.09. The van der Waals surface area contributed by atoms with E-state index in [0.717, 1.165) is 37.3 Å². The lowest BCUT2D eigenvalue weighted by Crippen LogP contribution is -2.28. The monoisotopic (exact) mass is 375 g/mol. The minimum absolute atomic E-state index is 0.0818. The molecule has 0 radical (unpaired) electrons. The molecule has 0 aliphatic carbocycles. The Labute approximate surface area is 152 Å². The Morgan fingerprint density at radius 3 is 2.50 bits per heavy atom. The molecule has 0 saturated carbocycles. The molecule has 138 valence electrons. The molecule has 2 aromatic rings. The molecule has 8 nitrogen and oxygen atoms in total. The summed E-state index contributed by atoms with van der Waals surface area (Å²) in [5.74, 6) is 1.67. The molecule has 1 aromatic heterocycles. The standard InChI is InChI=1S/C17H21N5O3S/c1-20(12-16-19-18-15-4-2-11-22(15)16)26(24,25)14-8-6-13(7-9-14)21-10-3-5-17(21)23/h6-9H,2-5,10-12H2,1H3. The summed E-state index contributed by atoms with van der Waals surface area (Å²) >= 11 is 0. The van der Waals surface area contributed by atoms with Crippen LogP contribution in [0.3, 0.4) is 0 Å². The maximum absolute atomic E-state index is 12.8. The fourth-order valence-electron chi connectivity index (χ4n) is 3.51. The van der Waals surface area contributed by atoms with Crippen LogP contribution in [0.4, 0.5) is 5.69 Å². The van der Waals surface area contributed by atoms with Crippen LogP contribution in [0.1, 0.15) is 30.9 Å². The van der Waals surface area contributed by atoms with Crippen LogP contribution in [0.15, 0.2) is 29.2 Å². The van der Waals surface area contributed by atoms with E-state index >= 15 is 0 Å². The average molecular weight is 375 g/mol. The van der Waals surface area contributed by atoms with Gasteiger partial charge in [-0.15, -0.1) is 10.2 Å². The molecule has 0 bridgehead atoms. The van der Waals surface area contributed by atoms with Crippen LogP contribution in [0, 0.1) is 0 Å². The van der Waals surface area contributed by atoms with Crippen molar-refractivity contribution in [2.45, 2.75) is 43.7 Å². The number of sulfonamides is 1. The van der Waals surface area contributed by atoms with Gasteiger partial charge in [-0.25, -0.2) is 8.42 Å². The number of fused-ring (bicyclic) bond motifs is 1. The van der Waals surface area contributed by atoms with Gasteiger partial charge in [-0.05, 0) is 37.1 Å². The zero-order valence-corrected chi connectivity index (χ0v) is 15.4. The van der Waals surface area contributed by atoms with E-state index < -0.39 is 10.0 Å². The fourth-order valence-corrected chi connectivity index (χ4v) is 4.64. The van der Waals surface area contributed by atoms with Crippen LogP contribution < -0.4 is 4.90 Å². The lowest BCUT2D eigenvalue weighted by atomic mass is 10.3. The van der Waals surface area contributed by atoms with Crippen LogP contribution in [-0.4, -0.2) is 47.0 Å². The smallest absolute Gasteiger partial charge is 0.243 e. The molecule has 0 atom stereocenters. The second kappa shape index (κ2) is 6.48. The van der Waals surface area contributed by atoms with Crippen molar-refractivity contribution < 1.29 is 13.2 Å². The number of hydrogen-bond donors (Lipinski definition) is 0. The first-order valence-electron chi connectivity index (χ1n) is 8.74. The van der Waals surface area contributed by atoms with Crippen LogP contribution >= 0.6 is 0 Å². The van der Waals surface area contributed by atoms with Gasteiger partial charge >= 0.3 is 0 Å². The van der Waals surface area contributed by atoms with E-state index in [4.69, 9.17) is 0 Å². The first-order valence-corrected chi connectivity index (χ1v) is 10.2. The summed E-state index contributed by atoms with van der Waals surface area (Å²) in [5.41, 5.74) is 0.740. The first-order chi connectivity index (χ1) is 12.5. The number of benzene rings is 1. The van der Waals surface area contributed by atoms with Gasteiger partial charge in [0.15, 0.2) is 0 Å². The van der Waals surface area contributed by atoms with Gasteiger partial charge in [0.2, 0.25) is 15.9 Å². The number of nitrogens with zero attached hydrogens (tertiary/aromatic N) is 5. The molecule has 1 saturated heterocycles. The maximum Gasteiger partial charge on any atom is 0.243 e. The van der Waals surface area contributed by atoms with Crippen molar-refractivity contribution in [3.8, 4) is 0 Å². The number of amides is 1. The Bertz CT molecular complexity index is 936. The van der Waals surface area contributed by atoms with E-state index in [0.29, 0.717) is 18.8 Å². The van der Waals surface area contributed by atoms with Gasteiger partial charge in [0.05, 0.1) is 11.4 Å². The number of aromatic nitrogens is 3. The average Bonchev–Trinajstić information content (AvgIpc) is 3.33. The summed E-state index contributed by atoms with van der Waals surface area (Å²) in [4.78, 5) is 13.7. The summed E-state index contributed by atoms with van der Waals surface area (Å²) in [6.07, 6.45) is 3.29. The first kappa shape index (κ1) is 17.2. The van der Waals surface area contributed by atoms with Gasteiger partial charge in [-0.3, -0.25) is 4.79 Å². The van der Waals surface area contributed by atoms with Crippen molar-refractivity contribution in [3.05, 3.63) is 35.9 Å². The third-order valence-electron chi connectivity index (χ3n) is 4.98. The Morgan fingerprint density at radius 1 is 1.08 bits per heavy atom. The summed E-state index contributed by atoms with van der Waals surface area (Å²) < 4.78 is 29.0. The second-order valence-corrected chi connectivity index (χ2v) is 8.74. The normalized spacial score (nSPS) is 17.3. The Hall–Kier alpha value is -2.26. The molecule has 1 amide bonds. The Kier molecular flexibility index (Phi) is 4.28. The second-order valence-electron chi connectivity index (χ2n) is 6.69. The molecule has 3 heterocycles. The largest absolute Gasteiger partial charge is 0.314 e. The molecule has 2 aliphatic heterocycles. The Balaban J connectivity index is 1.52. The number of hydrogen-bond acceptors (Lipinski definition) is 5. The van der Waals surface area contributed by atoms with Crippen molar-refractivity contribution >= 4 is 21.6 Å². The molecule has 4 rings (SSSR count). The van der Waals surface area contributed by atoms with E-state index in [-0.39, 0.29) is 17.3 Å². The lowest BCUT2D eigenvalue weighted by molar-refractivity contribution is -0.117. The van der Waals surface area contributed by atoms with Gasteiger partial charge in [0.1, 0.15) is 11.6 Å². The molecule has 0 N–H and O–H groups in total. The number of carbonyl (C=O) groups excluding carboxylic acids is 1. The highest BCUT2D eigenvalue weighted by molar-refractivity contribution is 7.89. The summed E-state index contributed by atoms with van der Waals surface area (Å²) in [6, 6.07) is 6.50. The molecule has 1 fully saturated rings. The van der Waals surface area contributed by atoms with Gasteiger partial charge in [-0.1, -0.05) is 0 Å². The minimum atomic E-state index is -3.64. The molecular formula is C17H21N5O3S. The Morgan fingerprint density at radius 2 is 1.81 bits per heavy atom. The SMILES string of the molecule is CN(Cc1nnc2n1CCC2)S(=O)(=O)c1ccc(N2CCCC2=O)cc1. The van der Waals surface area contributed by atoms with Crippen molar-refractivity contribution in [2.24, 2.45) is 0 Å². The van der Waals surface area contributed by atoms with Crippen LogP contribution in [-0.2, 0) is 34.3 Å². The zero-order valence-electron chi connectivity index (χ0n) is 14.6. The highest BCUT2D eigenvalue weighted by Crippen LogP contribution is 2.25. The maximum atomic E-state index is 12.8. The van der Waals surface area contributed by atoms with Gasteiger partial charge in [0.25, 0.3) is 0 Å². The van der Waals surface area contributed by atoms with Crippen LogP contribution in [0.5, 0.6) is 0 Å². The van der Waals surface area contributed by atoms with Crippen molar-refractivity contribution in [1.29, 1.82) is 0 Å². The molecule has 2 aliphatic rings. The molecular weight excluding hydrogens is 354 g/mol. The van der Waals surface area contributed by atoms with Crippen molar-refractivity contribution in [1.82, 2.24) is 19.1 Å². The van der Waals surface area contributed by atoms with E-state index in [1.54, 1.807) is 36.2 Å². The number of anilines is 1. The topological polar surface area (TPSA) is 88.4 Å². The predicted octanol–water partition coefficient (Wildman–Crippen LogP) is 1.17. The van der Waals surface area contributed by atoms with Gasteiger partial charge in [-0.2, -0.15) is 4.31 Å². The molecule has 9 heteroatoms. The van der Waals surface area contributed by atoms with E-state index in [9.17, 15) is 13.2 Å². The lowest BCUT2D eigenvalue weighted by Gasteiger charge is -2.19. The van der Waals surface area contributed by atoms with E-state index in [2.05, 4.69) is 10.2 Å². The van der Waals surface area contributed by atoms with Gasteiger partial charge in [0, 0.05) is 38.7 Å². The molecule has 26 heavy (non-hydrogen) atoms. The zero-order chi connectivity index (χ0) is 18.3. The van der Waals surface area contributed by atoms with E-state index in [1.165, 1.54) is 4.31 Å². The summed E-state index contributed by atoms with van der Waals surface area (Å²) in [5, 5.41) is 8.24. The fraction of sp³-hybridized carbons (Fsp3) is 0.471. The highest BCUT2D eigenvalue weighted by atomic mass is 32.2. The van der Waals surface area contributed by atoms with Crippen LogP contribution in [0.25, 0.3) is 0 Å².